The van der Waals surface area contributed by atoms with Crippen LogP contribution < -0.4 is 5.73 Å². The fraction of sp³-hybridized carbons (Fsp3) is 0.429. The molecule has 0 aliphatic carbocycles. The third-order valence-electron chi connectivity index (χ3n) is 1.46. The molecule has 0 spiro atoms. The van der Waals surface area contributed by atoms with Crippen molar-refractivity contribution >= 4 is 5.97 Å². The monoisotopic (exact) mass is 206 g/mol. The summed E-state index contributed by atoms with van der Waals surface area (Å²) in [4.78, 5) is 13.8. The second kappa shape index (κ2) is 3.70. The summed E-state index contributed by atoms with van der Waals surface area (Å²) in [6.45, 7) is 1.45. The molecule has 0 aliphatic heterocycles. The van der Waals surface area contributed by atoms with Gasteiger partial charge in [-0.3, -0.25) is 0 Å². The van der Waals surface area contributed by atoms with Crippen molar-refractivity contribution in [2.24, 2.45) is 5.73 Å². The summed E-state index contributed by atoms with van der Waals surface area (Å²) in [6, 6.07) is -0.722. The largest absolute Gasteiger partial charge is 0.476 e. The number of carbonyl (C=O) groups is 1. The average Bonchev–Trinajstić information content (AvgIpc) is 2.47. The van der Waals surface area contributed by atoms with Crippen LogP contribution in [0.3, 0.4) is 0 Å². The van der Waals surface area contributed by atoms with Gasteiger partial charge in [-0.1, -0.05) is 0 Å². The minimum absolute atomic E-state index is 0.210. The molecule has 0 saturated heterocycles. The molecule has 1 aromatic rings. The lowest BCUT2D eigenvalue weighted by Crippen LogP contribution is -2.06. The van der Waals surface area contributed by atoms with Crippen molar-refractivity contribution in [3.63, 3.8) is 0 Å². The summed E-state index contributed by atoms with van der Waals surface area (Å²) >= 11 is 0. The van der Waals surface area contributed by atoms with Gasteiger partial charge in [0, 0.05) is 0 Å². The van der Waals surface area contributed by atoms with Crippen LogP contribution in [-0.2, 0) is 0 Å². The first-order chi connectivity index (χ1) is 6.43. The summed E-state index contributed by atoms with van der Waals surface area (Å²) in [5.74, 6) is -2.72. The Morgan fingerprint density at radius 3 is 2.50 bits per heavy atom. The van der Waals surface area contributed by atoms with Gasteiger partial charge in [-0.25, -0.2) is 18.6 Å². The molecule has 1 atom stereocenters. The van der Waals surface area contributed by atoms with E-state index < -0.39 is 29.9 Å². The molecule has 1 unspecified atom stereocenters. The molecule has 0 bridgehead atoms. The van der Waals surface area contributed by atoms with Crippen LogP contribution in [-0.4, -0.2) is 16.1 Å². The van der Waals surface area contributed by atoms with E-state index in [1.807, 2.05) is 0 Å². The van der Waals surface area contributed by atoms with Gasteiger partial charge in [0.2, 0.25) is 11.7 Å². The molecule has 1 aromatic heterocycles. The molecular weight excluding hydrogens is 198 g/mol. The number of carboxylic acids is 1. The summed E-state index contributed by atoms with van der Waals surface area (Å²) in [6.07, 6.45) is -3.01. The van der Waals surface area contributed by atoms with Gasteiger partial charge in [0.1, 0.15) is 0 Å². The van der Waals surface area contributed by atoms with Gasteiger partial charge < -0.3 is 15.3 Å². The number of hydrogen-bond acceptors (Lipinski definition) is 4. The summed E-state index contributed by atoms with van der Waals surface area (Å²) in [5, 5.41) is 8.51. The SMILES string of the molecule is CC(N)c1nc(C(=O)O)c(C(F)F)o1. The van der Waals surface area contributed by atoms with Crippen molar-refractivity contribution in [3.8, 4) is 0 Å². The number of aromatic carboxylic acids is 1. The summed E-state index contributed by atoms with van der Waals surface area (Å²) in [7, 11) is 0. The lowest BCUT2D eigenvalue weighted by atomic mass is 10.3. The van der Waals surface area contributed by atoms with Crippen molar-refractivity contribution in [2.45, 2.75) is 19.4 Å². The number of oxazole rings is 1. The molecule has 3 N–H and O–H groups in total. The second-order valence-corrected chi connectivity index (χ2v) is 2.66. The fourth-order valence-electron chi connectivity index (χ4n) is 0.845. The van der Waals surface area contributed by atoms with Crippen LogP contribution in [0.25, 0.3) is 0 Å². The first kappa shape index (κ1) is 10.6. The Balaban J connectivity index is 3.19. The third-order valence-corrected chi connectivity index (χ3v) is 1.46. The maximum atomic E-state index is 12.2. The average molecular weight is 206 g/mol. The zero-order chi connectivity index (χ0) is 10.9. The number of aromatic nitrogens is 1. The molecule has 0 aromatic carbocycles. The first-order valence-corrected chi connectivity index (χ1v) is 3.71. The molecule has 14 heavy (non-hydrogen) atoms. The smallest absolute Gasteiger partial charge is 0.358 e. The lowest BCUT2D eigenvalue weighted by molar-refractivity contribution is 0.0667. The highest BCUT2D eigenvalue weighted by atomic mass is 19.3. The first-order valence-electron chi connectivity index (χ1n) is 3.71. The van der Waals surface area contributed by atoms with Crippen LogP contribution in [0.1, 0.15) is 41.5 Å². The number of halogens is 2. The number of alkyl halides is 2. The van der Waals surface area contributed by atoms with Crippen molar-refractivity contribution in [1.82, 2.24) is 4.98 Å². The Hall–Kier alpha value is -1.50. The molecule has 1 heterocycles. The van der Waals surface area contributed by atoms with Gasteiger partial charge in [0.05, 0.1) is 6.04 Å². The highest BCUT2D eigenvalue weighted by molar-refractivity contribution is 5.86. The maximum absolute atomic E-state index is 12.2. The number of carboxylic acid groups (broad SMARTS) is 1. The fourth-order valence-corrected chi connectivity index (χ4v) is 0.845. The molecule has 5 nitrogen and oxygen atoms in total. The van der Waals surface area contributed by atoms with Gasteiger partial charge in [-0.2, -0.15) is 0 Å². The van der Waals surface area contributed by atoms with Crippen LogP contribution >= 0.6 is 0 Å². The Morgan fingerprint density at radius 2 is 2.21 bits per heavy atom. The normalized spacial score (nSPS) is 13.2. The summed E-state index contributed by atoms with van der Waals surface area (Å²) < 4.78 is 29.0. The van der Waals surface area contributed by atoms with Crippen LogP contribution in [0.4, 0.5) is 8.78 Å². The maximum Gasteiger partial charge on any atom is 0.358 e. The van der Waals surface area contributed by atoms with Crippen molar-refractivity contribution < 1.29 is 23.1 Å². The van der Waals surface area contributed by atoms with Crippen LogP contribution in [0, 0.1) is 0 Å². The zero-order valence-electron chi connectivity index (χ0n) is 7.20. The quantitative estimate of drug-likeness (QED) is 0.778. The van der Waals surface area contributed by atoms with Crippen LogP contribution in [0.2, 0.25) is 0 Å². The molecule has 0 amide bonds. The standard InChI is InChI=1S/C7H8F2N2O3/c1-2(10)6-11-3(7(12)13)4(14-6)5(8)9/h2,5H,10H2,1H3,(H,12,13). The number of nitrogens with zero attached hydrogens (tertiary/aromatic N) is 1. The van der Waals surface area contributed by atoms with E-state index in [1.54, 1.807) is 0 Å². The molecule has 1 rings (SSSR count). The van der Waals surface area contributed by atoms with E-state index in [9.17, 15) is 13.6 Å². The molecule has 0 radical (unpaired) electrons. The van der Waals surface area contributed by atoms with Gasteiger partial charge >= 0.3 is 5.97 Å². The molecule has 0 aliphatic rings. The van der Waals surface area contributed by atoms with E-state index in [4.69, 9.17) is 10.8 Å². The summed E-state index contributed by atoms with van der Waals surface area (Å²) in [5.41, 5.74) is 4.52. The van der Waals surface area contributed by atoms with Gasteiger partial charge in [-0.05, 0) is 6.92 Å². The molecule has 0 fully saturated rings. The van der Waals surface area contributed by atoms with E-state index in [1.165, 1.54) is 6.92 Å². The van der Waals surface area contributed by atoms with E-state index in [0.29, 0.717) is 0 Å². The Morgan fingerprint density at radius 1 is 1.64 bits per heavy atom. The Labute approximate surface area is 77.5 Å². The Bertz CT molecular complexity index is 349. The lowest BCUT2D eigenvalue weighted by Gasteiger charge is -1.96. The predicted molar refractivity (Wildman–Crippen MR) is 41.0 cm³/mol. The number of nitrogens with two attached hydrogens (primary N) is 1. The topological polar surface area (TPSA) is 89.3 Å². The van der Waals surface area contributed by atoms with Crippen molar-refractivity contribution in [3.05, 3.63) is 17.3 Å². The van der Waals surface area contributed by atoms with Gasteiger partial charge in [0.25, 0.3) is 6.43 Å². The predicted octanol–water partition coefficient (Wildman–Crippen LogP) is 1.33. The zero-order valence-corrected chi connectivity index (χ0v) is 7.20. The van der Waals surface area contributed by atoms with Crippen LogP contribution in [0.5, 0.6) is 0 Å². The Kier molecular flexibility index (Phi) is 2.80. The van der Waals surface area contributed by atoms with Gasteiger partial charge in [0.15, 0.2) is 5.69 Å². The van der Waals surface area contributed by atoms with Crippen molar-refractivity contribution in [1.29, 1.82) is 0 Å². The second-order valence-electron chi connectivity index (χ2n) is 2.66. The van der Waals surface area contributed by atoms with E-state index >= 15 is 0 Å². The number of rotatable bonds is 3. The molecule has 7 heteroatoms. The van der Waals surface area contributed by atoms with Crippen molar-refractivity contribution in [2.75, 3.05) is 0 Å². The molecular formula is C7H8F2N2O3. The minimum Gasteiger partial charge on any atom is -0.476 e. The third kappa shape index (κ3) is 1.87. The van der Waals surface area contributed by atoms with E-state index in [2.05, 4.69) is 9.40 Å². The van der Waals surface area contributed by atoms with E-state index in [-0.39, 0.29) is 5.89 Å². The minimum atomic E-state index is -3.01. The van der Waals surface area contributed by atoms with Gasteiger partial charge in [-0.15, -0.1) is 0 Å². The highest BCUT2D eigenvalue weighted by Gasteiger charge is 2.27. The van der Waals surface area contributed by atoms with Crippen LogP contribution in [0.15, 0.2) is 4.42 Å². The molecule has 0 saturated carbocycles. The van der Waals surface area contributed by atoms with E-state index in [0.717, 1.165) is 0 Å². The molecule has 78 valence electrons. The number of hydrogen-bond donors (Lipinski definition) is 2. The highest BCUT2D eigenvalue weighted by Crippen LogP contribution is 2.25.